The van der Waals surface area contributed by atoms with E-state index in [-0.39, 0.29) is 42.8 Å². The lowest BCUT2D eigenvalue weighted by molar-refractivity contribution is -0.123. The molecule has 0 bridgehead atoms. The first-order chi connectivity index (χ1) is 21.0. The number of ether oxygens (including phenoxy) is 2. The van der Waals surface area contributed by atoms with Crippen LogP contribution >= 0.6 is 11.3 Å². The van der Waals surface area contributed by atoms with E-state index in [0.29, 0.717) is 49.5 Å². The van der Waals surface area contributed by atoms with Gasteiger partial charge >= 0.3 is 0 Å². The van der Waals surface area contributed by atoms with Crippen molar-refractivity contribution in [3.05, 3.63) is 82.7 Å². The summed E-state index contributed by atoms with van der Waals surface area (Å²) in [5.41, 5.74) is 6.03. The zero-order valence-corrected chi connectivity index (χ0v) is 25.0. The standard InChI is InChI=1S/C34H30FN3O5S/c1-33(32(36)40)17-42-30-23(33)15-27(38-29(30)22-16-44-31-21(22)6-3-7-24(31)35)34(2,41)11-10-25(39)19-13-18-5-4-12-37-28(18)26(14-19)43-20-8-9-20/h3-7,12-16,20,41H,8-11,17H2,1-2H3,(H2,36,40)/t33-,34+/m0/s1. The summed E-state index contributed by atoms with van der Waals surface area (Å²) in [6.07, 6.45) is 3.85. The molecule has 0 radical (unpaired) electrons. The number of nitrogens with two attached hydrogens (primary N) is 1. The Balaban J connectivity index is 1.25. The van der Waals surface area contributed by atoms with E-state index in [1.54, 1.807) is 55.8 Å². The molecule has 10 heteroatoms. The number of primary amides is 1. The Morgan fingerprint density at radius 1 is 1.23 bits per heavy atom. The number of halogens is 1. The number of hydrogen-bond donors (Lipinski definition) is 2. The molecule has 1 saturated carbocycles. The molecule has 1 amide bonds. The number of ketones is 1. The van der Waals surface area contributed by atoms with Crippen LogP contribution in [0.1, 0.15) is 61.1 Å². The van der Waals surface area contributed by atoms with E-state index in [2.05, 4.69) is 4.98 Å². The summed E-state index contributed by atoms with van der Waals surface area (Å²) < 4.78 is 27.1. The van der Waals surface area contributed by atoms with Crippen molar-refractivity contribution in [2.24, 2.45) is 5.73 Å². The first-order valence-corrected chi connectivity index (χ1v) is 15.4. The molecule has 3 N–H and O–H groups in total. The van der Waals surface area contributed by atoms with Gasteiger partial charge in [0.2, 0.25) is 5.91 Å². The van der Waals surface area contributed by atoms with Gasteiger partial charge in [0.05, 0.1) is 16.5 Å². The van der Waals surface area contributed by atoms with E-state index in [0.717, 1.165) is 18.2 Å². The largest absolute Gasteiger partial charge is 0.489 e. The van der Waals surface area contributed by atoms with Crippen LogP contribution in [-0.4, -0.2) is 39.5 Å². The molecule has 5 aromatic rings. The molecule has 1 aliphatic carbocycles. The maximum absolute atomic E-state index is 14.6. The van der Waals surface area contributed by atoms with Crippen molar-refractivity contribution >= 4 is 44.0 Å². The highest BCUT2D eigenvalue weighted by molar-refractivity contribution is 7.17. The maximum atomic E-state index is 14.6. The fourth-order valence-corrected chi connectivity index (χ4v) is 6.62. The molecule has 8 nitrogen and oxygen atoms in total. The van der Waals surface area contributed by atoms with Gasteiger partial charge in [0.15, 0.2) is 5.78 Å². The van der Waals surface area contributed by atoms with E-state index in [1.165, 1.54) is 17.4 Å². The Hall–Kier alpha value is -4.41. The van der Waals surface area contributed by atoms with Crippen LogP contribution < -0.4 is 15.2 Å². The van der Waals surface area contributed by atoms with E-state index in [4.69, 9.17) is 20.2 Å². The number of thiophene rings is 1. The van der Waals surface area contributed by atoms with Gasteiger partial charge in [-0.3, -0.25) is 14.6 Å². The number of carbonyl (C=O) groups excluding carboxylic acids is 2. The SMILES string of the molecule is C[C@@](O)(CCC(=O)c1cc(OC2CC2)c2ncccc2c1)c1cc2c(c(-c3csc4c(F)cccc34)n1)OC[C@]2(C)C(N)=O. The van der Waals surface area contributed by atoms with Crippen LogP contribution in [0.3, 0.4) is 0 Å². The van der Waals surface area contributed by atoms with Gasteiger partial charge in [-0.2, -0.15) is 0 Å². The Bertz CT molecular complexity index is 1990. The minimum Gasteiger partial charge on any atom is -0.489 e. The highest BCUT2D eigenvalue weighted by Gasteiger charge is 2.45. The Labute approximate surface area is 256 Å². The van der Waals surface area contributed by atoms with Crippen molar-refractivity contribution in [3.63, 3.8) is 0 Å². The number of aromatic nitrogens is 2. The van der Waals surface area contributed by atoms with Crippen LogP contribution in [-0.2, 0) is 15.8 Å². The van der Waals surface area contributed by atoms with Crippen LogP contribution in [0.5, 0.6) is 11.5 Å². The monoisotopic (exact) mass is 611 g/mol. The quantitative estimate of drug-likeness (QED) is 0.190. The third-order valence-electron chi connectivity index (χ3n) is 8.62. The van der Waals surface area contributed by atoms with Crippen LogP contribution in [0, 0.1) is 5.82 Å². The lowest BCUT2D eigenvalue weighted by Crippen LogP contribution is -2.40. The first-order valence-electron chi connectivity index (χ1n) is 14.5. The molecule has 3 aromatic heterocycles. The van der Waals surface area contributed by atoms with E-state index < -0.39 is 16.9 Å². The normalized spacial score (nSPS) is 19.0. The van der Waals surface area contributed by atoms with Gasteiger partial charge < -0.3 is 20.3 Å². The number of fused-ring (bicyclic) bond motifs is 3. The zero-order chi connectivity index (χ0) is 30.8. The molecule has 2 atom stereocenters. The molecule has 0 spiro atoms. The fourth-order valence-electron chi connectivity index (χ4n) is 5.66. The second-order valence-corrected chi connectivity index (χ2v) is 12.9. The molecular formula is C34H30FN3O5S. The summed E-state index contributed by atoms with van der Waals surface area (Å²) >= 11 is 1.24. The number of benzene rings is 2. The Morgan fingerprint density at radius 3 is 2.82 bits per heavy atom. The smallest absolute Gasteiger partial charge is 0.231 e. The number of Topliss-reactive ketones (excluding diaryl/α,β-unsaturated/α-hetero) is 1. The third-order valence-corrected chi connectivity index (χ3v) is 9.63. The van der Waals surface area contributed by atoms with Crippen LogP contribution in [0.2, 0.25) is 0 Å². The van der Waals surface area contributed by atoms with Gasteiger partial charge in [0.25, 0.3) is 0 Å². The van der Waals surface area contributed by atoms with Crippen molar-refractivity contribution in [1.29, 1.82) is 0 Å². The van der Waals surface area contributed by atoms with Crippen LogP contribution in [0.15, 0.2) is 60.1 Å². The molecule has 0 saturated heterocycles. The van der Waals surface area contributed by atoms with Crippen molar-refractivity contribution in [3.8, 4) is 22.8 Å². The number of pyridine rings is 2. The molecule has 1 fully saturated rings. The predicted octanol–water partition coefficient (Wildman–Crippen LogP) is 6.20. The Kier molecular flexibility index (Phi) is 6.67. The molecule has 7 rings (SSSR count). The maximum Gasteiger partial charge on any atom is 0.231 e. The van der Waals surface area contributed by atoms with E-state index in [9.17, 15) is 19.1 Å². The van der Waals surface area contributed by atoms with Crippen molar-refractivity contribution in [2.45, 2.75) is 56.7 Å². The van der Waals surface area contributed by atoms with Gasteiger partial charge in [-0.1, -0.05) is 18.2 Å². The van der Waals surface area contributed by atoms with Crippen LogP contribution in [0.25, 0.3) is 32.2 Å². The second kappa shape index (κ2) is 10.3. The number of rotatable bonds is 9. The molecular weight excluding hydrogens is 581 g/mol. The Morgan fingerprint density at radius 2 is 2.05 bits per heavy atom. The number of carbonyl (C=O) groups is 2. The molecule has 224 valence electrons. The van der Waals surface area contributed by atoms with Gasteiger partial charge in [0, 0.05) is 45.5 Å². The van der Waals surface area contributed by atoms with E-state index in [1.807, 2.05) is 12.1 Å². The highest BCUT2D eigenvalue weighted by atomic mass is 32.1. The highest BCUT2D eigenvalue weighted by Crippen LogP contribution is 2.48. The molecule has 2 aromatic carbocycles. The minimum absolute atomic E-state index is 0.00887. The van der Waals surface area contributed by atoms with Gasteiger partial charge in [-0.15, -0.1) is 11.3 Å². The van der Waals surface area contributed by atoms with Crippen molar-refractivity contribution < 1.29 is 28.6 Å². The fraction of sp³-hybridized carbons (Fsp3) is 0.294. The lowest BCUT2D eigenvalue weighted by atomic mass is 9.81. The number of aliphatic hydroxyl groups is 1. The molecule has 4 heterocycles. The summed E-state index contributed by atoms with van der Waals surface area (Å²) in [4.78, 5) is 35.4. The predicted molar refractivity (Wildman–Crippen MR) is 166 cm³/mol. The number of nitrogens with zero attached hydrogens (tertiary/aromatic N) is 2. The molecule has 2 aliphatic rings. The number of amides is 1. The summed E-state index contributed by atoms with van der Waals surface area (Å²) in [7, 11) is 0. The van der Waals surface area contributed by atoms with Gasteiger partial charge in [-0.25, -0.2) is 9.37 Å². The van der Waals surface area contributed by atoms with Gasteiger partial charge in [0.1, 0.15) is 46.1 Å². The third kappa shape index (κ3) is 4.78. The summed E-state index contributed by atoms with van der Waals surface area (Å²) in [6.45, 7) is 3.29. The average Bonchev–Trinajstić information content (AvgIpc) is 3.60. The number of hydrogen-bond acceptors (Lipinski definition) is 8. The topological polar surface area (TPSA) is 125 Å². The molecule has 44 heavy (non-hydrogen) atoms. The zero-order valence-electron chi connectivity index (χ0n) is 24.2. The first kappa shape index (κ1) is 28.4. The van der Waals surface area contributed by atoms with Gasteiger partial charge in [-0.05, 0) is 63.4 Å². The lowest BCUT2D eigenvalue weighted by Gasteiger charge is -2.26. The van der Waals surface area contributed by atoms with Crippen LogP contribution in [0.4, 0.5) is 4.39 Å². The summed E-state index contributed by atoms with van der Waals surface area (Å²) in [6, 6.07) is 13.7. The average molecular weight is 612 g/mol. The van der Waals surface area contributed by atoms with Crippen molar-refractivity contribution in [1.82, 2.24) is 9.97 Å². The minimum atomic E-state index is -1.57. The molecule has 1 aliphatic heterocycles. The second-order valence-electron chi connectivity index (χ2n) is 12.0. The summed E-state index contributed by atoms with van der Waals surface area (Å²) in [5.74, 6) is -0.141. The van der Waals surface area contributed by atoms with Crippen molar-refractivity contribution in [2.75, 3.05) is 6.61 Å². The van der Waals surface area contributed by atoms with E-state index >= 15 is 0 Å². The summed E-state index contributed by atoms with van der Waals surface area (Å²) in [5, 5.41) is 15.0. The molecule has 0 unspecified atom stereocenters.